The second kappa shape index (κ2) is 5.57. The molecule has 0 saturated heterocycles. The van der Waals surface area contributed by atoms with E-state index in [4.69, 9.17) is 11.6 Å². The van der Waals surface area contributed by atoms with Crippen molar-refractivity contribution in [1.82, 2.24) is 0 Å². The Morgan fingerprint density at radius 3 is 2.67 bits per heavy atom. The Bertz CT molecular complexity index is 505. The fourth-order valence-electron chi connectivity index (χ4n) is 0.857. The van der Waals surface area contributed by atoms with Crippen molar-refractivity contribution in [2.24, 2.45) is 5.10 Å². The van der Waals surface area contributed by atoms with E-state index in [0.717, 1.165) is 6.07 Å². The number of nitrogens with one attached hydrogen (secondary N) is 1. The molecular formula is C9H5BrClF3N2O2. The van der Waals surface area contributed by atoms with E-state index < -0.39 is 12.0 Å². The molecule has 0 aliphatic heterocycles. The van der Waals surface area contributed by atoms with Crippen molar-refractivity contribution in [3.05, 3.63) is 21.6 Å². The molecule has 0 radical (unpaired) electrons. The summed E-state index contributed by atoms with van der Waals surface area (Å²) in [5.74, 6) is -2.37. The summed E-state index contributed by atoms with van der Waals surface area (Å²) < 4.78 is 35.9. The van der Waals surface area contributed by atoms with Gasteiger partial charge in [-0.1, -0.05) is 11.6 Å². The second-order valence-electron chi connectivity index (χ2n) is 3.02. The van der Waals surface area contributed by atoms with E-state index in [-0.39, 0.29) is 22.7 Å². The van der Waals surface area contributed by atoms with E-state index in [2.05, 4.69) is 26.5 Å². The van der Waals surface area contributed by atoms with Gasteiger partial charge in [-0.15, -0.1) is 0 Å². The van der Waals surface area contributed by atoms with Crippen molar-refractivity contribution >= 4 is 45.2 Å². The third-order valence-electron chi connectivity index (χ3n) is 1.68. The normalized spacial score (nSPS) is 11.8. The summed E-state index contributed by atoms with van der Waals surface area (Å²) in [6.45, 7) is 0. The van der Waals surface area contributed by atoms with E-state index >= 15 is 0 Å². The minimum atomic E-state index is -4.97. The van der Waals surface area contributed by atoms with Crippen LogP contribution in [0.4, 0.5) is 18.9 Å². The maximum absolute atomic E-state index is 11.8. The SMILES string of the molecule is O=C(C=NNc1cc(O)c(Cl)cc1Br)C(F)(F)F. The lowest BCUT2D eigenvalue weighted by molar-refractivity contribution is -0.162. The van der Waals surface area contributed by atoms with Crippen molar-refractivity contribution in [1.29, 1.82) is 0 Å². The summed E-state index contributed by atoms with van der Waals surface area (Å²) in [5, 5.41) is 12.4. The average molecular weight is 346 g/mol. The van der Waals surface area contributed by atoms with Gasteiger partial charge in [-0.2, -0.15) is 18.3 Å². The van der Waals surface area contributed by atoms with Crippen molar-refractivity contribution in [3.63, 3.8) is 0 Å². The molecule has 1 aromatic carbocycles. The van der Waals surface area contributed by atoms with E-state index in [1.807, 2.05) is 0 Å². The van der Waals surface area contributed by atoms with Crippen molar-refractivity contribution in [2.75, 3.05) is 5.43 Å². The van der Waals surface area contributed by atoms with Gasteiger partial charge in [0.05, 0.1) is 16.9 Å². The van der Waals surface area contributed by atoms with E-state index in [0.29, 0.717) is 4.47 Å². The number of anilines is 1. The maximum Gasteiger partial charge on any atom is 0.455 e. The van der Waals surface area contributed by atoms with Crippen LogP contribution in [0.25, 0.3) is 0 Å². The highest BCUT2D eigenvalue weighted by Gasteiger charge is 2.36. The predicted octanol–water partition coefficient (Wildman–Crippen LogP) is 3.34. The van der Waals surface area contributed by atoms with E-state index in [9.17, 15) is 23.1 Å². The molecule has 0 amide bonds. The number of hydrogen-bond acceptors (Lipinski definition) is 4. The van der Waals surface area contributed by atoms with Crippen LogP contribution in [0.5, 0.6) is 5.75 Å². The molecule has 4 nitrogen and oxygen atoms in total. The van der Waals surface area contributed by atoms with Crippen LogP contribution in [-0.4, -0.2) is 23.3 Å². The lowest BCUT2D eigenvalue weighted by atomic mass is 10.3. The van der Waals surface area contributed by atoms with E-state index in [1.54, 1.807) is 0 Å². The summed E-state index contributed by atoms with van der Waals surface area (Å²) in [5.41, 5.74) is 2.32. The van der Waals surface area contributed by atoms with Crippen LogP contribution in [-0.2, 0) is 4.79 Å². The highest BCUT2D eigenvalue weighted by molar-refractivity contribution is 9.10. The maximum atomic E-state index is 11.8. The van der Waals surface area contributed by atoms with Crippen LogP contribution in [0, 0.1) is 0 Å². The van der Waals surface area contributed by atoms with Crippen LogP contribution in [0.3, 0.4) is 0 Å². The van der Waals surface area contributed by atoms with Crippen LogP contribution >= 0.6 is 27.5 Å². The molecule has 0 aromatic heterocycles. The van der Waals surface area contributed by atoms with Gasteiger partial charge in [-0.25, -0.2) is 0 Å². The van der Waals surface area contributed by atoms with Gasteiger partial charge in [0.2, 0.25) is 0 Å². The van der Waals surface area contributed by atoms with Gasteiger partial charge in [0.25, 0.3) is 5.78 Å². The molecule has 18 heavy (non-hydrogen) atoms. The number of rotatable bonds is 3. The standard InChI is InChI=1S/C9H5BrClF3N2O2/c10-4-1-5(11)7(17)2-6(4)16-15-3-8(18)9(12,13)14/h1-3,16-17H. The number of benzene rings is 1. The van der Waals surface area contributed by atoms with Crippen LogP contribution in [0.15, 0.2) is 21.7 Å². The molecule has 0 aliphatic carbocycles. The molecule has 9 heteroatoms. The quantitative estimate of drug-likeness (QED) is 0.652. The molecule has 2 N–H and O–H groups in total. The Hall–Kier alpha value is -1.28. The van der Waals surface area contributed by atoms with Gasteiger partial charge in [-0.05, 0) is 22.0 Å². The molecule has 0 atom stereocenters. The van der Waals surface area contributed by atoms with Gasteiger partial charge >= 0.3 is 6.18 Å². The lowest BCUT2D eigenvalue weighted by Gasteiger charge is -2.05. The highest BCUT2D eigenvalue weighted by atomic mass is 79.9. The van der Waals surface area contributed by atoms with Gasteiger partial charge in [0.1, 0.15) is 5.75 Å². The summed E-state index contributed by atoms with van der Waals surface area (Å²) in [4.78, 5) is 10.5. The molecule has 0 bridgehead atoms. The molecule has 1 aromatic rings. The third kappa shape index (κ3) is 3.88. The topological polar surface area (TPSA) is 61.7 Å². The molecule has 98 valence electrons. The number of carbonyl (C=O) groups is 1. The summed E-state index contributed by atoms with van der Waals surface area (Å²) in [6.07, 6.45) is -4.87. The number of alkyl halides is 3. The Morgan fingerprint density at radius 2 is 2.11 bits per heavy atom. The van der Waals surface area contributed by atoms with Crippen LogP contribution in [0.1, 0.15) is 0 Å². The fraction of sp³-hybridized carbons (Fsp3) is 0.111. The minimum Gasteiger partial charge on any atom is -0.506 e. The van der Waals surface area contributed by atoms with Crippen molar-refractivity contribution < 1.29 is 23.1 Å². The number of carbonyl (C=O) groups excluding carboxylic acids is 1. The molecule has 1 rings (SSSR count). The number of phenols is 1. The lowest BCUT2D eigenvalue weighted by Crippen LogP contribution is -2.23. The van der Waals surface area contributed by atoms with E-state index in [1.165, 1.54) is 6.07 Å². The average Bonchev–Trinajstić information content (AvgIpc) is 2.23. The number of aromatic hydroxyl groups is 1. The zero-order valence-corrected chi connectivity index (χ0v) is 10.8. The Labute approximate surface area is 113 Å². The molecule has 0 unspecified atom stereocenters. The number of hydrazone groups is 1. The monoisotopic (exact) mass is 344 g/mol. The zero-order chi connectivity index (χ0) is 13.9. The summed E-state index contributed by atoms with van der Waals surface area (Å²) in [7, 11) is 0. The van der Waals surface area contributed by atoms with Crippen molar-refractivity contribution in [3.8, 4) is 5.75 Å². The zero-order valence-electron chi connectivity index (χ0n) is 8.42. The third-order valence-corrected chi connectivity index (χ3v) is 2.64. The number of Topliss-reactive ketones (excluding diaryl/α,β-unsaturated/α-hetero) is 1. The number of halogens is 5. The first kappa shape index (κ1) is 14.8. The Kier molecular flexibility index (Phi) is 4.58. The Morgan fingerprint density at radius 1 is 1.50 bits per heavy atom. The Balaban J connectivity index is 2.79. The fourth-order valence-corrected chi connectivity index (χ4v) is 1.58. The highest BCUT2D eigenvalue weighted by Crippen LogP contribution is 2.33. The second-order valence-corrected chi connectivity index (χ2v) is 4.28. The van der Waals surface area contributed by atoms with Gasteiger partial charge in [0.15, 0.2) is 0 Å². The largest absolute Gasteiger partial charge is 0.506 e. The molecule has 0 fully saturated rings. The molecular weight excluding hydrogens is 340 g/mol. The first-order valence-corrected chi connectivity index (χ1v) is 5.47. The van der Waals surface area contributed by atoms with Crippen LogP contribution in [0.2, 0.25) is 5.02 Å². The molecule has 0 saturated carbocycles. The molecule has 0 aliphatic rings. The predicted molar refractivity (Wildman–Crippen MR) is 64.0 cm³/mol. The van der Waals surface area contributed by atoms with Crippen molar-refractivity contribution in [2.45, 2.75) is 6.18 Å². The number of phenolic OH excluding ortho intramolecular Hbond substituents is 1. The number of hydrogen-bond donors (Lipinski definition) is 2. The van der Waals surface area contributed by atoms with Gasteiger partial charge in [-0.3, -0.25) is 10.2 Å². The molecule has 0 spiro atoms. The first-order chi connectivity index (χ1) is 8.21. The smallest absolute Gasteiger partial charge is 0.455 e. The minimum absolute atomic E-state index is 0.0581. The number of ketones is 1. The summed E-state index contributed by atoms with van der Waals surface area (Å²) >= 11 is 8.63. The van der Waals surface area contributed by atoms with Gasteiger partial charge < -0.3 is 5.11 Å². The van der Waals surface area contributed by atoms with Crippen LogP contribution < -0.4 is 5.43 Å². The summed E-state index contributed by atoms with van der Waals surface area (Å²) in [6, 6.07) is 2.46. The number of nitrogens with zero attached hydrogens (tertiary/aromatic N) is 1. The molecule has 0 heterocycles. The first-order valence-electron chi connectivity index (χ1n) is 4.30. The van der Waals surface area contributed by atoms with Gasteiger partial charge in [0, 0.05) is 10.5 Å².